The summed E-state index contributed by atoms with van der Waals surface area (Å²) in [5, 5.41) is 8.03. The lowest BCUT2D eigenvalue weighted by molar-refractivity contribution is -0.157. The number of fused-ring (bicyclic) bond motifs is 2. The van der Waals surface area contributed by atoms with Crippen molar-refractivity contribution in [2.24, 2.45) is 0 Å². The highest BCUT2D eigenvalue weighted by molar-refractivity contribution is 5.89. The molecule has 3 N–H and O–H groups in total. The van der Waals surface area contributed by atoms with Gasteiger partial charge in [0, 0.05) is 18.5 Å². The van der Waals surface area contributed by atoms with Gasteiger partial charge in [-0.05, 0) is 79.6 Å². The molecule has 2 saturated heterocycles. The quantitative estimate of drug-likeness (QED) is 0.133. The smallest absolute Gasteiger partial charge is 0.321 e. The third kappa shape index (κ3) is 7.34. The molecule has 0 spiro atoms. The van der Waals surface area contributed by atoms with Crippen LogP contribution in [-0.4, -0.2) is 62.7 Å². The topological polar surface area (TPSA) is 106 Å². The van der Waals surface area contributed by atoms with Crippen LogP contribution in [0.4, 0.5) is 10.6 Å². The first-order valence-electron chi connectivity index (χ1n) is 17.7. The first-order valence-corrected chi connectivity index (χ1v) is 17.7. The Kier molecular flexibility index (Phi) is 9.79. The van der Waals surface area contributed by atoms with Gasteiger partial charge >= 0.3 is 6.03 Å². The fourth-order valence-electron chi connectivity index (χ4n) is 7.35. The van der Waals surface area contributed by atoms with Gasteiger partial charge in [0.2, 0.25) is 0 Å². The minimum atomic E-state index is -0.835. The summed E-state index contributed by atoms with van der Waals surface area (Å²) in [4.78, 5) is 19.4. The largest absolute Gasteiger partial charge is 0.494 e. The predicted molar refractivity (Wildman–Crippen MR) is 196 cm³/mol. The zero-order valence-corrected chi connectivity index (χ0v) is 29.1. The van der Waals surface area contributed by atoms with Crippen LogP contribution < -0.4 is 10.5 Å². The molecule has 0 unspecified atom stereocenters. The fraction of sp³-hybridized carbons (Fsp3) is 0.366. The van der Waals surface area contributed by atoms with Gasteiger partial charge in [0.25, 0.3) is 0 Å². The second-order valence-electron chi connectivity index (χ2n) is 14.0. The van der Waals surface area contributed by atoms with Gasteiger partial charge in [-0.25, -0.2) is 4.79 Å². The highest BCUT2D eigenvalue weighted by Crippen LogP contribution is 2.40. The van der Waals surface area contributed by atoms with Crippen molar-refractivity contribution >= 4 is 22.8 Å². The number of nitrogens with one attached hydrogen (secondary N) is 1. The Bertz CT molecular complexity index is 1880. The van der Waals surface area contributed by atoms with Gasteiger partial charge in [-0.2, -0.15) is 5.10 Å². The van der Waals surface area contributed by atoms with E-state index in [1.165, 1.54) is 0 Å². The number of nitrogens with two attached hydrogens (primary N) is 1. The third-order valence-electron chi connectivity index (χ3n) is 9.84. The number of urea groups is 1. The van der Waals surface area contributed by atoms with Crippen molar-refractivity contribution in [2.45, 2.75) is 89.6 Å². The van der Waals surface area contributed by atoms with Crippen LogP contribution in [0.2, 0.25) is 0 Å². The monoisotopic (exact) mass is 673 g/mol. The zero-order chi connectivity index (χ0) is 34.7. The molecule has 50 heavy (non-hydrogen) atoms. The highest BCUT2D eigenvalue weighted by Gasteiger charge is 2.55. The summed E-state index contributed by atoms with van der Waals surface area (Å²) < 4.78 is 19.6. The van der Waals surface area contributed by atoms with Crippen LogP contribution in [-0.2, 0) is 35.4 Å². The summed E-state index contributed by atoms with van der Waals surface area (Å²) in [6.45, 7) is 7.56. The Morgan fingerprint density at radius 2 is 1.34 bits per heavy atom. The Balaban J connectivity index is 1.32. The van der Waals surface area contributed by atoms with Crippen LogP contribution in [0.1, 0.15) is 55.9 Å². The van der Waals surface area contributed by atoms with E-state index in [4.69, 9.17) is 19.9 Å². The zero-order valence-electron chi connectivity index (χ0n) is 29.1. The average molecular weight is 674 g/mol. The number of carbonyl (C=O) groups excluding carboxylic acids is 1. The number of H-pyrrole nitrogens is 1. The molecule has 9 nitrogen and oxygen atoms in total. The molecular weight excluding hydrogens is 626 g/mol. The van der Waals surface area contributed by atoms with Crippen molar-refractivity contribution < 1.29 is 19.0 Å². The van der Waals surface area contributed by atoms with E-state index in [1.54, 1.807) is 0 Å². The molecule has 2 aliphatic heterocycles. The van der Waals surface area contributed by atoms with E-state index >= 15 is 4.79 Å². The molecule has 4 atom stereocenters. The van der Waals surface area contributed by atoms with Crippen LogP contribution in [0.25, 0.3) is 10.9 Å². The van der Waals surface area contributed by atoms with E-state index in [1.807, 2.05) is 90.4 Å². The minimum Gasteiger partial charge on any atom is -0.494 e. The van der Waals surface area contributed by atoms with Gasteiger partial charge in [0.15, 0.2) is 11.6 Å². The van der Waals surface area contributed by atoms with Crippen molar-refractivity contribution in [3.05, 3.63) is 125 Å². The summed E-state index contributed by atoms with van der Waals surface area (Å²) in [7, 11) is 0. The van der Waals surface area contributed by atoms with E-state index < -0.39 is 5.79 Å². The maximum Gasteiger partial charge on any atom is 0.321 e. The molecule has 5 aromatic rings. The molecule has 260 valence electrons. The number of aromatic amines is 1. The number of unbranched alkanes of at least 4 members (excludes halogenated alkanes) is 1. The first-order chi connectivity index (χ1) is 24.3. The van der Waals surface area contributed by atoms with Crippen LogP contribution >= 0.6 is 0 Å². The number of carbonyl (C=O) groups is 1. The van der Waals surface area contributed by atoms with Gasteiger partial charge in [-0.15, -0.1) is 0 Å². The van der Waals surface area contributed by atoms with Gasteiger partial charge in [-0.1, -0.05) is 92.2 Å². The lowest BCUT2D eigenvalue weighted by atomic mass is 9.91. The fourth-order valence-corrected chi connectivity index (χ4v) is 7.35. The van der Waals surface area contributed by atoms with E-state index in [9.17, 15) is 0 Å². The standard InChI is InChI=1S/C41H47N5O4/c1-4-5-22-48-32-19-16-30(17-20-32)26-45-35(24-28-12-8-6-9-13-28)37-38(50-41(2,3)49-37)36(25-29-14-10-7-11-15-29)46(40(45)47)27-31-18-21-34-33(23-31)39(42)44-43-34/h6-21,23,35-38H,4-5,22,24-27H2,1-3H3,(H3,42,43,44)/t35-,36-,37+,38+/m1/s1. The molecular formula is C41H47N5O4. The van der Waals surface area contributed by atoms with Gasteiger partial charge in [0.1, 0.15) is 18.0 Å². The normalized spacial score (nSPS) is 21.7. The van der Waals surface area contributed by atoms with Crippen LogP contribution in [0.15, 0.2) is 103 Å². The van der Waals surface area contributed by atoms with Gasteiger partial charge < -0.3 is 29.7 Å². The second-order valence-corrected chi connectivity index (χ2v) is 14.0. The highest BCUT2D eigenvalue weighted by atomic mass is 16.8. The van der Waals surface area contributed by atoms with Crippen molar-refractivity contribution in [2.75, 3.05) is 12.3 Å². The number of hydrogen-bond acceptors (Lipinski definition) is 6. The Morgan fingerprint density at radius 3 is 1.92 bits per heavy atom. The molecule has 7 rings (SSSR count). The number of hydrogen-bond donors (Lipinski definition) is 2. The van der Waals surface area contributed by atoms with Gasteiger partial charge in [0.05, 0.1) is 24.2 Å². The first kappa shape index (κ1) is 33.6. The summed E-state index contributed by atoms with van der Waals surface area (Å²) in [6, 6.07) is 34.2. The predicted octanol–water partition coefficient (Wildman–Crippen LogP) is 7.50. The number of ether oxygens (including phenoxy) is 3. The SMILES string of the molecule is CCCCOc1ccc(CN2C(=O)N(Cc3ccc4[nH]nc(N)c4c3)[C@H](Cc3ccccc3)[C@@H]3OC(C)(C)O[C@H]3[C@H]2Cc2ccccc2)cc1. The molecule has 0 radical (unpaired) electrons. The number of nitrogen functional groups attached to an aromatic ring is 1. The maximum absolute atomic E-state index is 15.3. The summed E-state index contributed by atoms with van der Waals surface area (Å²) in [5.41, 5.74) is 11.3. The summed E-state index contributed by atoms with van der Waals surface area (Å²) in [5.74, 6) is 0.433. The number of rotatable bonds is 12. The van der Waals surface area contributed by atoms with E-state index in [-0.39, 0.29) is 30.3 Å². The second kappa shape index (κ2) is 14.5. The number of benzene rings is 4. The van der Waals surface area contributed by atoms with Crippen LogP contribution in [0.3, 0.4) is 0 Å². The molecule has 2 fully saturated rings. The molecule has 0 aliphatic carbocycles. The Labute approximate surface area is 294 Å². The Hall–Kier alpha value is -4.86. The summed E-state index contributed by atoms with van der Waals surface area (Å²) >= 11 is 0. The molecule has 0 bridgehead atoms. The van der Waals surface area contributed by atoms with Crippen molar-refractivity contribution in [1.82, 2.24) is 20.0 Å². The van der Waals surface area contributed by atoms with Gasteiger partial charge in [-0.3, -0.25) is 5.10 Å². The molecule has 3 heterocycles. The minimum absolute atomic E-state index is 0.0604. The molecule has 4 aromatic carbocycles. The van der Waals surface area contributed by atoms with E-state index in [2.05, 4.69) is 53.5 Å². The van der Waals surface area contributed by atoms with E-state index in [0.717, 1.165) is 51.7 Å². The van der Waals surface area contributed by atoms with Crippen molar-refractivity contribution in [3.63, 3.8) is 0 Å². The average Bonchev–Trinajstić information content (AvgIpc) is 3.64. The molecule has 0 saturated carbocycles. The summed E-state index contributed by atoms with van der Waals surface area (Å²) in [6.07, 6.45) is 2.55. The molecule has 2 aliphatic rings. The lowest BCUT2D eigenvalue weighted by Crippen LogP contribution is -2.51. The molecule has 9 heteroatoms. The number of anilines is 1. The lowest BCUT2D eigenvalue weighted by Gasteiger charge is -2.37. The van der Waals surface area contributed by atoms with Crippen LogP contribution in [0, 0.1) is 0 Å². The number of aromatic nitrogens is 2. The number of amides is 2. The maximum atomic E-state index is 15.3. The van der Waals surface area contributed by atoms with Crippen molar-refractivity contribution in [3.8, 4) is 5.75 Å². The molecule has 2 amide bonds. The van der Waals surface area contributed by atoms with Crippen LogP contribution in [0.5, 0.6) is 5.75 Å². The number of nitrogens with zero attached hydrogens (tertiary/aromatic N) is 3. The van der Waals surface area contributed by atoms with Crippen molar-refractivity contribution in [1.29, 1.82) is 0 Å². The molecule has 1 aromatic heterocycles. The van der Waals surface area contributed by atoms with E-state index in [0.29, 0.717) is 38.4 Å². The Morgan fingerprint density at radius 1 is 0.780 bits per heavy atom. The third-order valence-corrected chi connectivity index (χ3v) is 9.84.